The lowest BCUT2D eigenvalue weighted by molar-refractivity contribution is -0.160. The van der Waals surface area contributed by atoms with Crippen molar-refractivity contribution < 1.29 is 18.3 Å². The molecule has 116 valence electrons. The van der Waals surface area contributed by atoms with Gasteiger partial charge >= 0.3 is 6.18 Å². The van der Waals surface area contributed by atoms with E-state index < -0.39 is 18.4 Å². The van der Waals surface area contributed by atoms with Gasteiger partial charge in [0.15, 0.2) is 6.35 Å². The van der Waals surface area contributed by atoms with Gasteiger partial charge in [-0.1, -0.05) is 19.1 Å². The van der Waals surface area contributed by atoms with E-state index in [1.54, 1.807) is 0 Å². The summed E-state index contributed by atoms with van der Waals surface area (Å²) in [5.41, 5.74) is 5.93. The van der Waals surface area contributed by atoms with E-state index in [0.29, 0.717) is 12.2 Å². The van der Waals surface area contributed by atoms with Crippen molar-refractivity contribution in [3.8, 4) is 0 Å². The Balaban J connectivity index is 2.43. The van der Waals surface area contributed by atoms with Crippen LogP contribution in [0.3, 0.4) is 0 Å². The van der Waals surface area contributed by atoms with Crippen molar-refractivity contribution >= 4 is 0 Å². The van der Waals surface area contributed by atoms with Crippen molar-refractivity contribution in [1.29, 1.82) is 0 Å². The van der Waals surface area contributed by atoms with Crippen LogP contribution in [0.25, 0.3) is 0 Å². The lowest BCUT2D eigenvalue weighted by Crippen LogP contribution is -2.47. The number of allylic oxidation sites excluding steroid dienone is 3. The van der Waals surface area contributed by atoms with Crippen LogP contribution in [0.2, 0.25) is 0 Å². The van der Waals surface area contributed by atoms with E-state index in [1.165, 1.54) is 12.2 Å². The first-order chi connectivity index (χ1) is 9.36. The molecule has 1 aliphatic rings. The number of nitrogens with two attached hydrogens (primary N) is 1. The molecule has 0 fully saturated rings. The van der Waals surface area contributed by atoms with Gasteiger partial charge in [0.25, 0.3) is 0 Å². The van der Waals surface area contributed by atoms with Gasteiger partial charge in [-0.3, -0.25) is 5.32 Å². The second kappa shape index (κ2) is 7.66. The molecule has 20 heavy (non-hydrogen) atoms. The third-order valence-electron chi connectivity index (χ3n) is 3.23. The molecule has 1 aliphatic carbocycles. The zero-order valence-corrected chi connectivity index (χ0v) is 11.5. The second-order valence-corrected chi connectivity index (χ2v) is 4.80. The molecule has 0 aromatic heterocycles. The van der Waals surface area contributed by atoms with Gasteiger partial charge in [0.2, 0.25) is 0 Å². The van der Waals surface area contributed by atoms with Gasteiger partial charge in [0, 0.05) is 11.7 Å². The zero-order chi connectivity index (χ0) is 15.2. The maximum atomic E-state index is 12.5. The molecule has 4 nitrogen and oxygen atoms in total. The van der Waals surface area contributed by atoms with E-state index in [2.05, 4.69) is 10.6 Å². The van der Waals surface area contributed by atoms with Crippen LogP contribution < -0.4 is 16.4 Å². The second-order valence-electron chi connectivity index (χ2n) is 4.80. The summed E-state index contributed by atoms with van der Waals surface area (Å²) in [5.74, 6) is -1.45. The topological polar surface area (TPSA) is 70.3 Å². The molecule has 0 heterocycles. The largest absolute Gasteiger partial charge is 0.395 e. The molecule has 3 atom stereocenters. The van der Waals surface area contributed by atoms with E-state index in [-0.39, 0.29) is 12.5 Å². The summed E-state index contributed by atoms with van der Waals surface area (Å²) in [6.45, 7) is 2.47. The lowest BCUT2D eigenvalue weighted by atomic mass is 9.99. The van der Waals surface area contributed by atoms with Crippen LogP contribution in [0.15, 0.2) is 23.9 Å². The summed E-state index contributed by atoms with van der Waals surface area (Å²) in [6.07, 6.45) is 0.0697. The van der Waals surface area contributed by atoms with E-state index in [0.717, 1.165) is 18.9 Å². The third kappa shape index (κ3) is 5.52. The summed E-state index contributed by atoms with van der Waals surface area (Å²) in [6, 6.07) is 0.0681. The maximum Gasteiger partial charge on any atom is 0.395 e. The van der Waals surface area contributed by atoms with Crippen molar-refractivity contribution in [2.45, 2.75) is 44.8 Å². The Bertz CT molecular complexity index is 355. The lowest BCUT2D eigenvalue weighted by Gasteiger charge is -2.25. The molecule has 0 aromatic rings. The third-order valence-corrected chi connectivity index (χ3v) is 3.23. The molecule has 0 aliphatic heterocycles. The molecule has 0 saturated carbocycles. The van der Waals surface area contributed by atoms with Crippen molar-refractivity contribution in [3.05, 3.63) is 23.9 Å². The van der Waals surface area contributed by atoms with Gasteiger partial charge in [0.05, 0.1) is 5.92 Å². The van der Waals surface area contributed by atoms with Crippen molar-refractivity contribution in [1.82, 2.24) is 10.6 Å². The Kier molecular flexibility index (Phi) is 6.51. The van der Waals surface area contributed by atoms with Gasteiger partial charge in [-0.2, -0.15) is 13.2 Å². The molecule has 7 heteroatoms. The number of rotatable bonds is 7. The van der Waals surface area contributed by atoms with Gasteiger partial charge in [-0.15, -0.1) is 0 Å². The molecule has 0 saturated heterocycles. The number of aliphatic hydroxyl groups is 1. The zero-order valence-electron chi connectivity index (χ0n) is 11.5. The number of nitrogens with one attached hydrogen (secondary N) is 2. The molecule has 5 N–H and O–H groups in total. The number of aliphatic hydroxyl groups excluding tert-OH is 1. The van der Waals surface area contributed by atoms with Crippen LogP contribution in [0.5, 0.6) is 0 Å². The average Bonchev–Trinajstić information content (AvgIpc) is 2.37. The standard InChI is InChI=1S/C13H22F3N3O/c1-2-10(7-8-17)18-12(20)19-11-5-3-9(4-6-11)13(14,15)16/h3,5-6,9-10,12,18-20H,2,4,7-8,17H2,1H3/t9?,10?,12-/m1/s1. The van der Waals surface area contributed by atoms with Crippen LogP contribution in [0, 0.1) is 5.92 Å². The van der Waals surface area contributed by atoms with Crippen LogP contribution >= 0.6 is 0 Å². The molecule has 1 rings (SSSR count). The first kappa shape index (κ1) is 17.0. The molecule has 2 unspecified atom stereocenters. The van der Waals surface area contributed by atoms with Crippen LogP contribution in [0.1, 0.15) is 26.2 Å². The Morgan fingerprint density at radius 2 is 2.20 bits per heavy atom. The smallest absolute Gasteiger partial charge is 0.361 e. The van der Waals surface area contributed by atoms with E-state index in [1.807, 2.05) is 6.92 Å². The molecule has 0 radical (unpaired) electrons. The fourth-order valence-electron chi connectivity index (χ4n) is 2.00. The fourth-order valence-corrected chi connectivity index (χ4v) is 2.00. The average molecular weight is 293 g/mol. The maximum absolute atomic E-state index is 12.5. The predicted molar refractivity (Wildman–Crippen MR) is 71.4 cm³/mol. The Morgan fingerprint density at radius 1 is 1.50 bits per heavy atom. The Labute approximate surface area is 116 Å². The van der Waals surface area contributed by atoms with Crippen LogP contribution in [-0.4, -0.2) is 30.2 Å². The van der Waals surface area contributed by atoms with Gasteiger partial charge in [0.1, 0.15) is 0 Å². The molecular formula is C13H22F3N3O. The SMILES string of the molecule is CCC(CCN)N[C@@H](O)NC1=CCC(C(F)(F)F)C=C1. The number of hydrogen-bond donors (Lipinski definition) is 4. The van der Waals surface area contributed by atoms with E-state index in [9.17, 15) is 18.3 Å². The minimum atomic E-state index is -4.22. The molecule has 0 amide bonds. The highest BCUT2D eigenvalue weighted by molar-refractivity contribution is 5.23. The minimum absolute atomic E-state index is 0.0681. The number of hydrogen-bond acceptors (Lipinski definition) is 4. The number of alkyl halides is 3. The van der Waals surface area contributed by atoms with Crippen molar-refractivity contribution in [3.63, 3.8) is 0 Å². The van der Waals surface area contributed by atoms with Crippen LogP contribution in [-0.2, 0) is 0 Å². The predicted octanol–water partition coefficient (Wildman–Crippen LogP) is 1.59. The van der Waals surface area contributed by atoms with Crippen LogP contribution in [0.4, 0.5) is 13.2 Å². The van der Waals surface area contributed by atoms with Gasteiger partial charge in [-0.25, -0.2) is 0 Å². The molecule has 0 aromatic carbocycles. The van der Waals surface area contributed by atoms with Gasteiger partial charge < -0.3 is 16.2 Å². The van der Waals surface area contributed by atoms with E-state index >= 15 is 0 Å². The number of halogens is 3. The normalized spacial score (nSPS) is 22.3. The summed E-state index contributed by atoms with van der Waals surface area (Å²) in [4.78, 5) is 0. The summed E-state index contributed by atoms with van der Waals surface area (Å²) in [5, 5.41) is 15.4. The van der Waals surface area contributed by atoms with Crippen molar-refractivity contribution in [2.24, 2.45) is 11.7 Å². The van der Waals surface area contributed by atoms with Gasteiger partial charge in [-0.05, 0) is 31.9 Å². The van der Waals surface area contributed by atoms with E-state index in [4.69, 9.17) is 5.73 Å². The first-order valence-corrected chi connectivity index (χ1v) is 6.72. The quantitative estimate of drug-likeness (QED) is 0.538. The summed E-state index contributed by atoms with van der Waals surface area (Å²) < 4.78 is 37.4. The fraction of sp³-hybridized carbons (Fsp3) is 0.692. The van der Waals surface area contributed by atoms with Crippen molar-refractivity contribution in [2.75, 3.05) is 6.54 Å². The summed E-state index contributed by atoms with van der Waals surface area (Å²) >= 11 is 0. The molecule has 0 bridgehead atoms. The first-order valence-electron chi connectivity index (χ1n) is 6.72. The minimum Gasteiger partial charge on any atom is -0.361 e. The highest BCUT2D eigenvalue weighted by Crippen LogP contribution is 2.32. The highest BCUT2D eigenvalue weighted by Gasteiger charge is 2.37. The highest BCUT2D eigenvalue weighted by atomic mass is 19.4. The monoisotopic (exact) mass is 293 g/mol. The molecular weight excluding hydrogens is 271 g/mol. The summed E-state index contributed by atoms with van der Waals surface area (Å²) in [7, 11) is 0. The Hall–Kier alpha value is -1.05. The Morgan fingerprint density at radius 3 is 2.65 bits per heavy atom. The molecule has 0 spiro atoms.